The molecule has 0 amide bonds. The Morgan fingerprint density at radius 2 is 1.77 bits per heavy atom. The fourth-order valence-corrected chi connectivity index (χ4v) is 2.55. The van der Waals surface area contributed by atoms with E-state index in [4.69, 9.17) is 27.9 Å². The second kappa shape index (κ2) is 8.81. The standard InChI is InChI=1S/C11H14ClNO.C5H4ClNO/c12-10-7-4-8-11(13-10)14-9-5-2-1-3-6-9;6-4-2-1-3-5(8)7-4/h4,7-9H,1-3,5-6H2;1-3H,(H,7,8). The van der Waals surface area contributed by atoms with E-state index in [1.165, 1.54) is 25.3 Å². The van der Waals surface area contributed by atoms with Gasteiger partial charge in [0.15, 0.2) is 0 Å². The third kappa shape index (κ3) is 6.08. The molecular weight excluding hydrogens is 323 g/mol. The van der Waals surface area contributed by atoms with Crippen LogP contribution in [-0.4, -0.2) is 16.1 Å². The van der Waals surface area contributed by atoms with E-state index in [1.807, 2.05) is 12.1 Å². The maximum absolute atomic E-state index is 10.4. The molecular formula is C16H18Cl2N2O2. The predicted octanol–water partition coefficient (Wildman–Crippen LogP) is 4.47. The van der Waals surface area contributed by atoms with Crippen LogP contribution in [0.15, 0.2) is 41.2 Å². The van der Waals surface area contributed by atoms with Crippen LogP contribution < -0.4 is 10.3 Å². The van der Waals surface area contributed by atoms with Gasteiger partial charge in [-0.3, -0.25) is 4.79 Å². The van der Waals surface area contributed by atoms with E-state index in [1.54, 1.807) is 18.2 Å². The van der Waals surface area contributed by atoms with E-state index in [0.717, 1.165) is 12.8 Å². The van der Waals surface area contributed by atoms with Crippen LogP contribution in [0, 0.1) is 0 Å². The second-order valence-corrected chi connectivity index (χ2v) is 5.83. The van der Waals surface area contributed by atoms with Gasteiger partial charge >= 0.3 is 0 Å². The van der Waals surface area contributed by atoms with Gasteiger partial charge in [-0.05, 0) is 37.8 Å². The molecule has 4 nitrogen and oxygen atoms in total. The van der Waals surface area contributed by atoms with Crippen LogP contribution in [0.5, 0.6) is 5.88 Å². The van der Waals surface area contributed by atoms with E-state index < -0.39 is 0 Å². The fourth-order valence-electron chi connectivity index (χ4n) is 2.23. The Bertz CT molecular complexity index is 640. The lowest BCUT2D eigenvalue weighted by Crippen LogP contribution is -2.20. The number of aromatic nitrogens is 2. The first-order valence-electron chi connectivity index (χ1n) is 7.27. The molecule has 22 heavy (non-hydrogen) atoms. The molecule has 0 aliphatic heterocycles. The molecule has 1 aliphatic carbocycles. The minimum atomic E-state index is -0.169. The molecule has 1 N–H and O–H groups in total. The Hall–Kier alpha value is -1.52. The number of hydrogen-bond donors (Lipinski definition) is 1. The molecule has 0 aromatic carbocycles. The Morgan fingerprint density at radius 1 is 1.05 bits per heavy atom. The number of aromatic amines is 1. The first kappa shape index (κ1) is 16.8. The number of ether oxygens (including phenoxy) is 1. The van der Waals surface area contributed by atoms with Crippen molar-refractivity contribution in [3.8, 4) is 5.88 Å². The highest BCUT2D eigenvalue weighted by Crippen LogP contribution is 2.22. The number of hydrogen-bond acceptors (Lipinski definition) is 3. The van der Waals surface area contributed by atoms with Gasteiger partial charge in [0.25, 0.3) is 0 Å². The predicted molar refractivity (Wildman–Crippen MR) is 88.8 cm³/mol. The normalized spacial score (nSPS) is 14.8. The molecule has 3 rings (SSSR count). The van der Waals surface area contributed by atoms with Crippen LogP contribution in [-0.2, 0) is 0 Å². The number of rotatable bonds is 2. The van der Waals surface area contributed by atoms with Crippen molar-refractivity contribution < 1.29 is 4.74 Å². The minimum Gasteiger partial charge on any atom is -0.474 e. The smallest absolute Gasteiger partial charge is 0.249 e. The maximum atomic E-state index is 10.4. The molecule has 0 radical (unpaired) electrons. The van der Waals surface area contributed by atoms with Gasteiger partial charge in [0.1, 0.15) is 16.4 Å². The Labute approximate surface area is 139 Å². The highest BCUT2D eigenvalue weighted by Gasteiger charge is 2.15. The molecule has 0 saturated heterocycles. The van der Waals surface area contributed by atoms with E-state index in [-0.39, 0.29) is 5.56 Å². The van der Waals surface area contributed by atoms with Crippen LogP contribution in [0.25, 0.3) is 0 Å². The number of pyridine rings is 2. The zero-order valence-corrected chi connectivity index (χ0v) is 13.6. The number of halogens is 2. The van der Waals surface area contributed by atoms with E-state index in [2.05, 4.69) is 9.97 Å². The van der Waals surface area contributed by atoms with Gasteiger partial charge in [0, 0.05) is 12.1 Å². The number of nitrogens with one attached hydrogen (secondary N) is 1. The summed E-state index contributed by atoms with van der Waals surface area (Å²) in [5, 5.41) is 0.871. The monoisotopic (exact) mass is 340 g/mol. The molecule has 118 valence electrons. The van der Waals surface area contributed by atoms with Gasteiger partial charge < -0.3 is 9.72 Å². The van der Waals surface area contributed by atoms with Crippen molar-refractivity contribution in [1.29, 1.82) is 0 Å². The van der Waals surface area contributed by atoms with E-state index in [0.29, 0.717) is 22.3 Å². The van der Waals surface area contributed by atoms with Gasteiger partial charge in [0.05, 0.1) is 0 Å². The molecule has 1 fully saturated rings. The first-order valence-corrected chi connectivity index (χ1v) is 8.03. The summed E-state index contributed by atoms with van der Waals surface area (Å²) >= 11 is 11.2. The van der Waals surface area contributed by atoms with Crippen molar-refractivity contribution in [1.82, 2.24) is 9.97 Å². The zero-order chi connectivity index (χ0) is 15.8. The van der Waals surface area contributed by atoms with Gasteiger partial charge in [-0.2, -0.15) is 0 Å². The number of H-pyrrole nitrogens is 1. The fraction of sp³-hybridized carbons (Fsp3) is 0.375. The van der Waals surface area contributed by atoms with E-state index in [9.17, 15) is 4.79 Å². The minimum absolute atomic E-state index is 0.169. The summed E-state index contributed by atoms with van der Waals surface area (Å²) in [5.74, 6) is 0.657. The van der Waals surface area contributed by atoms with Crippen LogP contribution >= 0.6 is 23.2 Å². The van der Waals surface area contributed by atoms with Gasteiger partial charge in [0.2, 0.25) is 11.4 Å². The third-order valence-electron chi connectivity index (χ3n) is 3.26. The van der Waals surface area contributed by atoms with Crippen molar-refractivity contribution in [2.45, 2.75) is 38.2 Å². The van der Waals surface area contributed by atoms with Gasteiger partial charge in [-0.15, -0.1) is 0 Å². The second-order valence-electron chi connectivity index (χ2n) is 5.04. The quantitative estimate of drug-likeness (QED) is 0.820. The lowest BCUT2D eigenvalue weighted by atomic mass is 9.98. The lowest BCUT2D eigenvalue weighted by molar-refractivity contribution is 0.148. The zero-order valence-electron chi connectivity index (χ0n) is 12.1. The van der Waals surface area contributed by atoms with E-state index >= 15 is 0 Å². The maximum Gasteiger partial charge on any atom is 0.249 e. The molecule has 6 heteroatoms. The SMILES string of the molecule is Clc1cccc(OC2CCCCC2)n1.O=c1cccc(Cl)[nH]1. The third-order valence-corrected chi connectivity index (χ3v) is 3.69. The molecule has 2 aromatic rings. The largest absolute Gasteiger partial charge is 0.474 e. The molecule has 1 saturated carbocycles. The summed E-state index contributed by atoms with van der Waals surface area (Å²) in [4.78, 5) is 16.8. The summed E-state index contributed by atoms with van der Waals surface area (Å²) < 4.78 is 5.74. The van der Waals surface area contributed by atoms with Crippen LogP contribution in [0.2, 0.25) is 10.3 Å². The van der Waals surface area contributed by atoms with Crippen LogP contribution in [0.1, 0.15) is 32.1 Å². The van der Waals surface area contributed by atoms with Crippen LogP contribution in [0.3, 0.4) is 0 Å². The topological polar surface area (TPSA) is 55.0 Å². The van der Waals surface area contributed by atoms with Crippen molar-refractivity contribution in [2.75, 3.05) is 0 Å². The highest BCUT2D eigenvalue weighted by molar-refractivity contribution is 6.29. The highest BCUT2D eigenvalue weighted by atomic mass is 35.5. The van der Waals surface area contributed by atoms with Crippen molar-refractivity contribution >= 4 is 23.2 Å². The van der Waals surface area contributed by atoms with Crippen molar-refractivity contribution in [3.63, 3.8) is 0 Å². The Kier molecular flexibility index (Phi) is 6.74. The summed E-state index contributed by atoms with van der Waals surface area (Å²) in [5.41, 5.74) is -0.169. The Balaban J connectivity index is 0.000000188. The summed E-state index contributed by atoms with van der Waals surface area (Å²) in [6, 6.07) is 10.1. The lowest BCUT2D eigenvalue weighted by Gasteiger charge is -2.22. The van der Waals surface area contributed by atoms with Crippen LogP contribution in [0.4, 0.5) is 0 Å². The van der Waals surface area contributed by atoms with Crippen molar-refractivity contribution in [2.24, 2.45) is 0 Å². The molecule has 0 bridgehead atoms. The molecule has 2 heterocycles. The molecule has 0 spiro atoms. The Morgan fingerprint density at radius 3 is 2.36 bits per heavy atom. The van der Waals surface area contributed by atoms with Crippen molar-refractivity contribution in [3.05, 3.63) is 57.1 Å². The molecule has 0 unspecified atom stereocenters. The van der Waals surface area contributed by atoms with Gasteiger partial charge in [-0.25, -0.2) is 4.98 Å². The molecule has 1 aliphatic rings. The average molecular weight is 341 g/mol. The molecule has 2 aromatic heterocycles. The summed E-state index contributed by atoms with van der Waals surface area (Å²) in [7, 11) is 0. The first-order chi connectivity index (χ1) is 10.6. The van der Waals surface area contributed by atoms with Gasteiger partial charge in [-0.1, -0.05) is 41.8 Å². The molecule has 0 atom stereocenters. The summed E-state index contributed by atoms with van der Waals surface area (Å²) in [6.45, 7) is 0. The summed E-state index contributed by atoms with van der Waals surface area (Å²) in [6.07, 6.45) is 6.51. The number of nitrogens with zero attached hydrogens (tertiary/aromatic N) is 1. The average Bonchev–Trinajstić information content (AvgIpc) is 2.49.